The van der Waals surface area contributed by atoms with Gasteiger partial charge in [0, 0.05) is 42.3 Å². The molecule has 182 valence electrons. The van der Waals surface area contributed by atoms with Gasteiger partial charge in [0.25, 0.3) is 5.56 Å². The lowest BCUT2D eigenvalue weighted by atomic mass is 9.99. The van der Waals surface area contributed by atoms with Crippen molar-refractivity contribution in [3.63, 3.8) is 0 Å². The number of fused-ring (bicyclic) bond motifs is 2. The first-order valence-electron chi connectivity index (χ1n) is 12.7. The van der Waals surface area contributed by atoms with Gasteiger partial charge in [0.1, 0.15) is 12.2 Å². The maximum Gasteiger partial charge on any atom is 0.277 e. The highest BCUT2D eigenvalue weighted by Crippen LogP contribution is 2.29. The number of likely N-dealkylation sites (N-methyl/N-ethyl adjacent to an activating group) is 1. The Kier molecular flexibility index (Phi) is 6.68. The van der Waals surface area contributed by atoms with E-state index in [4.69, 9.17) is 4.98 Å². The van der Waals surface area contributed by atoms with Gasteiger partial charge >= 0.3 is 0 Å². The molecule has 0 saturated carbocycles. The van der Waals surface area contributed by atoms with Crippen LogP contribution in [0.2, 0.25) is 0 Å². The van der Waals surface area contributed by atoms with Crippen LogP contribution in [0.5, 0.6) is 0 Å². The molecule has 1 unspecified atom stereocenters. The normalized spacial score (nSPS) is 16.1. The maximum atomic E-state index is 13.9. The van der Waals surface area contributed by atoms with Crippen LogP contribution in [0.4, 0.5) is 0 Å². The number of aromatic nitrogens is 3. The van der Waals surface area contributed by atoms with E-state index in [9.17, 15) is 9.59 Å². The molecule has 0 spiro atoms. The number of rotatable bonds is 7. The van der Waals surface area contributed by atoms with Gasteiger partial charge in [-0.25, -0.2) is 4.98 Å². The van der Waals surface area contributed by atoms with Gasteiger partial charge in [0.15, 0.2) is 0 Å². The van der Waals surface area contributed by atoms with Gasteiger partial charge in [0.05, 0.1) is 11.0 Å². The minimum Gasteiger partial charge on any atom is -0.342 e. The number of benzene rings is 2. The molecule has 7 nitrogen and oxygen atoms in total. The lowest BCUT2D eigenvalue weighted by Crippen LogP contribution is -2.35. The highest BCUT2D eigenvalue weighted by Gasteiger charge is 2.22. The fourth-order valence-electron chi connectivity index (χ4n) is 5.28. The molecule has 0 bridgehead atoms. The number of hydrogen-bond acceptors (Lipinski definition) is 4. The molecule has 7 heteroatoms. The van der Waals surface area contributed by atoms with Crippen LogP contribution in [-0.4, -0.2) is 51.1 Å². The van der Waals surface area contributed by atoms with E-state index < -0.39 is 0 Å². The first-order valence-corrected chi connectivity index (χ1v) is 12.7. The van der Waals surface area contributed by atoms with Crippen LogP contribution in [0.25, 0.3) is 33.2 Å². The molecule has 0 radical (unpaired) electrons. The second-order valence-electron chi connectivity index (χ2n) is 9.33. The van der Waals surface area contributed by atoms with Crippen LogP contribution in [0.1, 0.15) is 26.7 Å². The molecule has 1 N–H and O–H groups in total. The molecule has 5 rings (SSSR count). The fourth-order valence-corrected chi connectivity index (χ4v) is 5.28. The first-order chi connectivity index (χ1) is 17.1. The minimum atomic E-state index is -0.0766. The van der Waals surface area contributed by atoms with Crippen molar-refractivity contribution in [2.75, 3.05) is 26.2 Å². The van der Waals surface area contributed by atoms with Gasteiger partial charge in [-0.15, -0.1) is 0 Å². The summed E-state index contributed by atoms with van der Waals surface area (Å²) in [4.78, 5) is 33.5. The summed E-state index contributed by atoms with van der Waals surface area (Å²) in [6.07, 6.45) is 4.17. The summed E-state index contributed by atoms with van der Waals surface area (Å²) in [7, 11) is 0. The molecule has 3 heterocycles. The zero-order valence-corrected chi connectivity index (χ0v) is 20.5. The molecule has 1 aliphatic rings. The predicted molar refractivity (Wildman–Crippen MR) is 140 cm³/mol. The van der Waals surface area contributed by atoms with Crippen LogP contribution in [0, 0.1) is 5.92 Å². The zero-order valence-electron chi connectivity index (χ0n) is 20.5. The van der Waals surface area contributed by atoms with Gasteiger partial charge in [-0.1, -0.05) is 30.3 Å². The molecule has 1 fully saturated rings. The second-order valence-corrected chi connectivity index (χ2v) is 9.33. The van der Waals surface area contributed by atoms with Crippen LogP contribution in [-0.2, 0) is 17.9 Å². The van der Waals surface area contributed by atoms with Crippen LogP contribution < -0.4 is 10.9 Å². The summed E-state index contributed by atoms with van der Waals surface area (Å²) < 4.78 is 3.86. The van der Waals surface area contributed by atoms with Crippen molar-refractivity contribution in [3.05, 3.63) is 65.1 Å². The van der Waals surface area contributed by atoms with Gasteiger partial charge in [-0.2, -0.15) is 0 Å². The van der Waals surface area contributed by atoms with Gasteiger partial charge < -0.3 is 19.4 Å². The number of nitrogens with zero attached hydrogens (tertiary/aromatic N) is 4. The quantitative estimate of drug-likeness (QED) is 0.444. The minimum absolute atomic E-state index is 0.0657. The van der Waals surface area contributed by atoms with E-state index in [1.165, 1.54) is 0 Å². The Morgan fingerprint density at radius 1 is 1.09 bits per heavy atom. The molecule has 1 saturated heterocycles. The number of hydrogen-bond donors (Lipinski definition) is 1. The highest BCUT2D eigenvalue weighted by molar-refractivity contribution is 5.96. The van der Waals surface area contributed by atoms with E-state index in [0.29, 0.717) is 31.2 Å². The molecule has 35 heavy (non-hydrogen) atoms. The van der Waals surface area contributed by atoms with Crippen molar-refractivity contribution in [2.24, 2.45) is 5.92 Å². The smallest absolute Gasteiger partial charge is 0.277 e. The highest BCUT2D eigenvalue weighted by atomic mass is 16.2. The van der Waals surface area contributed by atoms with E-state index >= 15 is 0 Å². The van der Waals surface area contributed by atoms with Gasteiger partial charge in [0.2, 0.25) is 5.91 Å². The van der Waals surface area contributed by atoms with E-state index in [0.717, 1.165) is 53.4 Å². The topological polar surface area (TPSA) is 72.2 Å². The molecule has 1 aliphatic heterocycles. The van der Waals surface area contributed by atoms with Crippen molar-refractivity contribution in [1.82, 2.24) is 24.3 Å². The molecule has 0 aliphatic carbocycles. The lowest BCUT2D eigenvalue weighted by molar-refractivity contribution is -0.131. The van der Waals surface area contributed by atoms with Crippen molar-refractivity contribution >= 4 is 27.8 Å². The lowest BCUT2D eigenvalue weighted by Gasteiger charge is -2.24. The van der Waals surface area contributed by atoms with Gasteiger partial charge in [-0.3, -0.25) is 9.59 Å². The third-order valence-electron chi connectivity index (χ3n) is 7.16. The molecule has 1 atom stereocenters. The van der Waals surface area contributed by atoms with E-state index in [-0.39, 0.29) is 18.0 Å². The molecule has 1 amide bonds. The van der Waals surface area contributed by atoms with Crippen LogP contribution in [0.3, 0.4) is 0 Å². The predicted octanol–water partition coefficient (Wildman–Crippen LogP) is 3.89. The Morgan fingerprint density at radius 3 is 2.57 bits per heavy atom. The summed E-state index contributed by atoms with van der Waals surface area (Å²) in [6, 6.07) is 15.8. The molecule has 2 aromatic heterocycles. The second kappa shape index (κ2) is 10.0. The van der Waals surface area contributed by atoms with Crippen molar-refractivity contribution in [3.8, 4) is 11.3 Å². The average Bonchev–Trinajstić information content (AvgIpc) is 3.25. The monoisotopic (exact) mass is 471 g/mol. The molecule has 2 aromatic carbocycles. The molecule has 4 aromatic rings. The summed E-state index contributed by atoms with van der Waals surface area (Å²) in [5.74, 6) is 0.476. The third-order valence-corrected chi connectivity index (χ3v) is 7.16. The SMILES string of the molecule is CCN(CC)C(=O)Cn1cc(-c2nc3ccccc3n(CC3CCCNC3)c2=O)c2ccccc21. The summed E-state index contributed by atoms with van der Waals surface area (Å²) in [6.45, 7) is 8.19. The van der Waals surface area contributed by atoms with E-state index in [2.05, 4.69) is 5.32 Å². The van der Waals surface area contributed by atoms with Crippen LogP contribution >= 0.6 is 0 Å². The molecular weight excluding hydrogens is 438 g/mol. The summed E-state index contributed by atoms with van der Waals surface area (Å²) in [5, 5.41) is 4.40. The number of para-hydroxylation sites is 3. The van der Waals surface area contributed by atoms with Crippen molar-refractivity contribution in [2.45, 2.75) is 39.8 Å². The van der Waals surface area contributed by atoms with Crippen molar-refractivity contribution < 1.29 is 4.79 Å². The Bertz CT molecular complexity index is 1410. The Labute approximate surface area is 205 Å². The number of piperidine rings is 1. The standard InChI is InChI=1S/C28H33N5O2/c1-3-31(4-2)26(34)19-32-18-22(21-11-5-7-13-24(21)32)27-28(35)33(17-20-10-9-15-29-16-20)25-14-8-6-12-23(25)30-27/h5-8,11-14,18,20,29H,3-4,9-10,15-17,19H2,1-2H3. The van der Waals surface area contributed by atoms with E-state index in [1.807, 2.05) is 82.6 Å². The number of nitrogens with one attached hydrogen (secondary N) is 1. The maximum absolute atomic E-state index is 13.9. The fraction of sp³-hybridized carbons (Fsp3) is 0.393. The van der Waals surface area contributed by atoms with Gasteiger partial charge in [-0.05, 0) is 63.9 Å². The average molecular weight is 472 g/mol. The van der Waals surface area contributed by atoms with Crippen molar-refractivity contribution in [1.29, 1.82) is 0 Å². The van der Waals surface area contributed by atoms with Crippen LogP contribution in [0.15, 0.2) is 59.5 Å². The Hall–Kier alpha value is -3.45. The largest absolute Gasteiger partial charge is 0.342 e. The number of carbonyl (C=O) groups is 1. The number of carbonyl (C=O) groups excluding carboxylic acids is 1. The third kappa shape index (κ3) is 4.48. The Balaban J connectivity index is 1.64. The van der Waals surface area contributed by atoms with E-state index in [1.54, 1.807) is 0 Å². The number of amides is 1. The first kappa shape index (κ1) is 23.3. The zero-order chi connectivity index (χ0) is 24.4. The Morgan fingerprint density at radius 2 is 1.83 bits per heavy atom. The summed E-state index contributed by atoms with van der Waals surface area (Å²) >= 11 is 0. The summed E-state index contributed by atoms with van der Waals surface area (Å²) in [5.41, 5.74) is 3.75. The molecular formula is C28H33N5O2.